The van der Waals surface area contributed by atoms with Crippen molar-refractivity contribution in [1.29, 1.82) is 0 Å². The number of Topliss-reactive ketones (excluding diaryl/α,β-unsaturated/α-hetero) is 1. The van der Waals surface area contributed by atoms with Crippen LogP contribution in [0.1, 0.15) is 23.7 Å². The Morgan fingerprint density at radius 3 is 2.75 bits per heavy atom. The topological polar surface area (TPSA) is 79.0 Å². The molecule has 0 radical (unpaired) electrons. The number of ketones is 1. The minimum Gasteiger partial charge on any atom is -0.482 e. The first-order valence-electron chi connectivity index (χ1n) is 7.88. The van der Waals surface area contributed by atoms with Crippen LogP contribution >= 0.6 is 0 Å². The molecule has 1 N–H and O–H groups in total. The number of likely N-dealkylation sites (N-methyl/N-ethyl adjacent to an activating group) is 1. The Kier molecular flexibility index (Phi) is 5.92. The summed E-state index contributed by atoms with van der Waals surface area (Å²) >= 11 is 0. The zero-order chi connectivity index (χ0) is 17.7. The maximum Gasteiger partial charge on any atom is 0.265 e. The third-order valence-corrected chi connectivity index (χ3v) is 3.75. The van der Waals surface area contributed by atoms with E-state index in [2.05, 4.69) is 5.32 Å². The van der Waals surface area contributed by atoms with Gasteiger partial charge < -0.3 is 19.9 Å². The summed E-state index contributed by atoms with van der Waals surface area (Å²) in [5, 5.41) is 2.82. The predicted molar refractivity (Wildman–Crippen MR) is 90.5 cm³/mol. The molecule has 0 fully saturated rings. The Bertz CT molecular complexity index is 643. The number of nitrogens with zero attached hydrogens (tertiary/aromatic N) is 2. The highest BCUT2D eigenvalue weighted by Gasteiger charge is 2.26. The number of amides is 2. The molecule has 0 atom stereocenters. The van der Waals surface area contributed by atoms with Crippen LogP contribution in [-0.2, 0) is 9.59 Å². The van der Waals surface area contributed by atoms with Crippen LogP contribution < -0.4 is 15.0 Å². The van der Waals surface area contributed by atoms with Gasteiger partial charge in [0.15, 0.2) is 12.4 Å². The van der Waals surface area contributed by atoms with E-state index in [-0.39, 0.29) is 37.2 Å². The number of fused-ring (bicyclic) bond motifs is 1. The molecular formula is C17H23N3O4. The van der Waals surface area contributed by atoms with E-state index in [0.717, 1.165) is 6.54 Å². The summed E-state index contributed by atoms with van der Waals surface area (Å²) in [6.45, 7) is 2.98. The highest BCUT2D eigenvalue weighted by molar-refractivity contribution is 6.01. The molecule has 0 unspecified atom stereocenters. The van der Waals surface area contributed by atoms with E-state index in [9.17, 15) is 14.4 Å². The van der Waals surface area contributed by atoms with E-state index >= 15 is 0 Å². The number of carbonyl (C=O) groups excluding carboxylic acids is 3. The minimum absolute atomic E-state index is 0.0608. The highest BCUT2D eigenvalue weighted by Crippen LogP contribution is 2.33. The summed E-state index contributed by atoms with van der Waals surface area (Å²) < 4.78 is 5.39. The van der Waals surface area contributed by atoms with Gasteiger partial charge in [-0.3, -0.25) is 14.4 Å². The number of hydrogen-bond donors (Lipinski definition) is 1. The molecule has 0 saturated carbocycles. The fraction of sp³-hybridized carbons (Fsp3) is 0.471. The third-order valence-electron chi connectivity index (χ3n) is 3.75. The molecule has 0 saturated heterocycles. The van der Waals surface area contributed by atoms with E-state index < -0.39 is 0 Å². The van der Waals surface area contributed by atoms with Gasteiger partial charge in [-0.1, -0.05) is 0 Å². The normalized spacial score (nSPS) is 13.5. The zero-order valence-corrected chi connectivity index (χ0v) is 14.3. The van der Waals surface area contributed by atoms with Gasteiger partial charge in [0.25, 0.3) is 5.91 Å². The number of ether oxygens (including phenoxy) is 1. The summed E-state index contributed by atoms with van der Waals surface area (Å²) in [5.74, 6) is 0.134. The van der Waals surface area contributed by atoms with Crippen LogP contribution in [0.15, 0.2) is 18.2 Å². The summed E-state index contributed by atoms with van der Waals surface area (Å²) in [4.78, 5) is 39.1. The van der Waals surface area contributed by atoms with Crippen LogP contribution in [0.4, 0.5) is 5.69 Å². The first kappa shape index (κ1) is 17.9. The summed E-state index contributed by atoms with van der Waals surface area (Å²) in [6, 6.07) is 4.99. The van der Waals surface area contributed by atoms with Gasteiger partial charge in [0.2, 0.25) is 5.91 Å². The second kappa shape index (κ2) is 7.92. The van der Waals surface area contributed by atoms with Crippen molar-refractivity contribution in [2.24, 2.45) is 0 Å². The largest absolute Gasteiger partial charge is 0.482 e. The standard InChI is InChI=1S/C17H23N3O4/c1-12(21)13-4-5-15-14(10-13)20(17(23)11-24-15)8-6-16(22)18-7-9-19(2)3/h4-5,10H,6-9,11H2,1-3H3,(H,18,22). The average molecular weight is 333 g/mol. The van der Waals surface area contributed by atoms with Gasteiger partial charge in [0, 0.05) is 31.6 Å². The quantitative estimate of drug-likeness (QED) is 0.743. The van der Waals surface area contributed by atoms with Gasteiger partial charge in [-0.2, -0.15) is 0 Å². The lowest BCUT2D eigenvalue weighted by Gasteiger charge is -2.29. The molecule has 0 aliphatic carbocycles. The first-order valence-corrected chi connectivity index (χ1v) is 7.88. The van der Waals surface area contributed by atoms with Crippen LogP contribution in [0.2, 0.25) is 0 Å². The van der Waals surface area contributed by atoms with Crippen molar-refractivity contribution >= 4 is 23.3 Å². The molecule has 2 amide bonds. The van der Waals surface area contributed by atoms with E-state index in [1.54, 1.807) is 18.2 Å². The molecule has 1 aromatic rings. The fourth-order valence-electron chi connectivity index (χ4n) is 2.39. The van der Waals surface area contributed by atoms with Crippen molar-refractivity contribution in [3.05, 3.63) is 23.8 Å². The Morgan fingerprint density at radius 2 is 2.08 bits per heavy atom. The third kappa shape index (κ3) is 4.55. The van der Waals surface area contributed by atoms with Crippen molar-refractivity contribution in [3.63, 3.8) is 0 Å². The smallest absolute Gasteiger partial charge is 0.265 e. The molecule has 1 aliphatic rings. The predicted octanol–water partition coefficient (Wildman–Crippen LogP) is 0.682. The minimum atomic E-state index is -0.218. The van der Waals surface area contributed by atoms with Crippen molar-refractivity contribution in [2.75, 3.05) is 45.2 Å². The number of benzene rings is 1. The van der Waals surface area contributed by atoms with Crippen LogP contribution in [-0.4, -0.2) is 62.8 Å². The van der Waals surface area contributed by atoms with Crippen molar-refractivity contribution < 1.29 is 19.1 Å². The van der Waals surface area contributed by atoms with E-state index in [0.29, 0.717) is 23.5 Å². The lowest BCUT2D eigenvalue weighted by Crippen LogP contribution is -2.41. The number of nitrogens with one attached hydrogen (secondary N) is 1. The molecule has 0 aromatic heterocycles. The van der Waals surface area contributed by atoms with Crippen molar-refractivity contribution in [2.45, 2.75) is 13.3 Å². The maximum absolute atomic E-state index is 12.1. The molecule has 0 bridgehead atoms. The summed E-state index contributed by atoms with van der Waals surface area (Å²) in [7, 11) is 3.87. The molecule has 7 nitrogen and oxygen atoms in total. The Balaban J connectivity index is 2.02. The molecule has 1 aliphatic heterocycles. The SMILES string of the molecule is CC(=O)c1ccc2c(c1)N(CCC(=O)NCCN(C)C)C(=O)CO2. The van der Waals surface area contributed by atoms with Gasteiger partial charge >= 0.3 is 0 Å². The Morgan fingerprint density at radius 1 is 1.33 bits per heavy atom. The van der Waals surface area contributed by atoms with Crippen LogP contribution in [0.3, 0.4) is 0 Å². The maximum atomic E-state index is 12.1. The molecule has 24 heavy (non-hydrogen) atoms. The lowest BCUT2D eigenvalue weighted by molar-refractivity contribution is -0.122. The zero-order valence-electron chi connectivity index (χ0n) is 14.3. The van der Waals surface area contributed by atoms with Crippen LogP contribution in [0.25, 0.3) is 0 Å². The van der Waals surface area contributed by atoms with E-state index in [1.807, 2.05) is 19.0 Å². The molecule has 7 heteroatoms. The lowest BCUT2D eigenvalue weighted by atomic mass is 10.1. The fourth-order valence-corrected chi connectivity index (χ4v) is 2.39. The van der Waals surface area contributed by atoms with Gasteiger partial charge in [-0.05, 0) is 39.2 Å². The van der Waals surface area contributed by atoms with Crippen LogP contribution in [0.5, 0.6) is 5.75 Å². The molecular weight excluding hydrogens is 310 g/mol. The highest BCUT2D eigenvalue weighted by atomic mass is 16.5. The Labute approximate surface area is 141 Å². The monoisotopic (exact) mass is 333 g/mol. The van der Waals surface area contributed by atoms with Crippen molar-refractivity contribution in [1.82, 2.24) is 10.2 Å². The molecule has 0 spiro atoms. The number of anilines is 1. The van der Waals surface area contributed by atoms with Gasteiger partial charge in [-0.25, -0.2) is 0 Å². The summed E-state index contributed by atoms with van der Waals surface area (Å²) in [6.07, 6.45) is 0.197. The van der Waals surface area contributed by atoms with E-state index in [1.165, 1.54) is 11.8 Å². The number of rotatable bonds is 7. The van der Waals surface area contributed by atoms with Gasteiger partial charge in [0.1, 0.15) is 5.75 Å². The molecule has 130 valence electrons. The van der Waals surface area contributed by atoms with Crippen LogP contribution in [0, 0.1) is 0 Å². The first-order chi connectivity index (χ1) is 11.4. The average Bonchev–Trinajstić information content (AvgIpc) is 2.53. The van der Waals surface area contributed by atoms with Crippen molar-refractivity contribution in [3.8, 4) is 5.75 Å². The molecule has 2 rings (SSSR count). The van der Waals surface area contributed by atoms with Gasteiger partial charge in [0.05, 0.1) is 5.69 Å². The van der Waals surface area contributed by atoms with E-state index in [4.69, 9.17) is 4.74 Å². The Hall–Kier alpha value is -2.41. The molecule has 1 heterocycles. The molecule has 1 aromatic carbocycles. The van der Waals surface area contributed by atoms with Gasteiger partial charge in [-0.15, -0.1) is 0 Å². The number of carbonyl (C=O) groups is 3. The number of hydrogen-bond acceptors (Lipinski definition) is 5. The second-order valence-electron chi connectivity index (χ2n) is 5.98. The second-order valence-corrected chi connectivity index (χ2v) is 5.98. The summed E-state index contributed by atoms with van der Waals surface area (Å²) in [5.41, 5.74) is 1.05.